The lowest BCUT2D eigenvalue weighted by Gasteiger charge is -2.26. The normalized spacial score (nSPS) is 25.4. The predicted octanol–water partition coefficient (Wildman–Crippen LogP) is 1.04. The van der Waals surface area contributed by atoms with E-state index in [2.05, 4.69) is 27.8 Å². The molecule has 1 amide bonds. The number of amides is 1. The van der Waals surface area contributed by atoms with Crippen molar-refractivity contribution in [2.45, 2.75) is 32.7 Å². The van der Waals surface area contributed by atoms with Crippen LogP contribution in [-0.2, 0) is 4.79 Å². The Morgan fingerprint density at radius 3 is 3.06 bits per heavy atom. The number of nitrogens with zero attached hydrogens (tertiary/aromatic N) is 1. The molecule has 1 saturated heterocycles. The maximum atomic E-state index is 11.9. The number of rotatable bonds is 2. The Labute approximate surface area is 95.0 Å². The molecule has 0 aromatic carbocycles. The largest absolute Gasteiger partial charge is 0.308 e. The van der Waals surface area contributed by atoms with E-state index in [9.17, 15) is 4.79 Å². The fourth-order valence-corrected chi connectivity index (χ4v) is 2.00. The summed E-state index contributed by atoms with van der Waals surface area (Å²) >= 11 is 0. The molecule has 1 aromatic heterocycles. The smallest absolute Gasteiger partial charge is 0.242 e. The van der Waals surface area contributed by atoms with Gasteiger partial charge in [-0.05, 0) is 32.2 Å². The van der Waals surface area contributed by atoms with Crippen LogP contribution >= 0.6 is 0 Å². The van der Waals surface area contributed by atoms with Crippen LogP contribution in [0.3, 0.4) is 0 Å². The average molecular weight is 222 g/mol. The SMILES string of the molecule is Cc1cc(NC(=O)C2CC(C)CCN2)n[nH]1. The molecule has 2 unspecified atom stereocenters. The molecule has 2 rings (SSSR count). The maximum absolute atomic E-state index is 11.9. The molecule has 0 saturated carbocycles. The molecule has 5 nitrogen and oxygen atoms in total. The van der Waals surface area contributed by atoms with Gasteiger partial charge < -0.3 is 10.6 Å². The zero-order valence-electron chi connectivity index (χ0n) is 9.71. The Morgan fingerprint density at radius 2 is 2.44 bits per heavy atom. The molecule has 0 bridgehead atoms. The molecule has 0 radical (unpaired) electrons. The van der Waals surface area contributed by atoms with Crippen LogP contribution in [0.5, 0.6) is 0 Å². The van der Waals surface area contributed by atoms with E-state index in [1.165, 1.54) is 0 Å². The van der Waals surface area contributed by atoms with Gasteiger partial charge in [0.2, 0.25) is 5.91 Å². The molecular formula is C11H18N4O. The van der Waals surface area contributed by atoms with Crippen LogP contribution in [0.1, 0.15) is 25.5 Å². The summed E-state index contributed by atoms with van der Waals surface area (Å²) in [6.45, 7) is 5.00. The Morgan fingerprint density at radius 1 is 1.62 bits per heavy atom. The lowest BCUT2D eigenvalue weighted by atomic mass is 9.94. The molecule has 16 heavy (non-hydrogen) atoms. The van der Waals surface area contributed by atoms with Gasteiger partial charge in [-0.1, -0.05) is 6.92 Å². The van der Waals surface area contributed by atoms with Gasteiger partial charge in [-0.25, -0.2) is 0 Å². The van der Waals surface area contributed by atoms with Crippen molar-refractivity contribution in [2.75, 3.05) is 11.9 Å². The standard InChI is InChI=1S/C11H18N4O/c1-7-3-4-12-9(5-7)11(16)13-10-6-8(2)14-15-10/h6-7,9,12H,3-5H2,1-2H3,(H2,13,14,15,16). The predicted molar refractivity (Wildman–Crippen MR) is 62.1 cm³/mol. The Kier molecular flexibility index (Phi) is 3.24. The second-order valence-corrected chi connectivity index (χ2v) is 4.56. The van der Waals surface area contributed by atoms with Crippen LogP contribution < -0.4 is 10.6 Å². The molecule has 3 N–H and O–H groups in total. The molecule has 5 heteroatoms. The third-order valence-electron chi connectivity index (χ3n) is 2.94. The van der Waals surface area contributed by atoms with Gasteiger partial charge in [-0.2, -0.15) is 5.10 Å². The number of hydrogen-bond acceptors (Lipinski definition) is 3. The average Bonchev–Trinajstić information content (AvgIpc) is 2.64. The Bertz CT molecular complexity index is 374. The second kappa shape index (κ2) is 4.65. The van der Waals surface area contributed by atoms with Crippen molar-refractivity contribution in [3.63, 3.8) is 0 Å². The monoisotopic (exact) mass is 222 g/mol. The van der Waals surface area contributed by atoms with Gasteiger partial charge in [-0.3, -0.25) is 9.89 Å². The first-order valence-corrected chi connectivity index (χ1v) is 5.71. The van der Waals surface area contributed by atoms with Gasteiger partial charge >= 0.3 is 0 Å². The minimum absolute atomic E-state index is 0.0121. The fourth-order valence-electron chi connectivity index (χ4n) is 2.00. The second-order valence-electron chi connectivity index (χ2n) is 4.56. The van der Waals surface area contributed by atoms with Crippen molar-refractivity contribution in [3.05, 3.63) is 11.8 Å². The van der Waals surface area contributed by atoms with Crippen molar-refractivity contribution in [1.29, 1.82) is 0 Å². The van der Waals surface area contributed by atoms with Crippen molar-refractivity contribution >= 4 is 11.7 Å². The van der Waals surface area contributed by atoms with Crippen LogP contribution in [-0.4, -0.2) is 28.7 Å². The number of H-pyrrole nitrogens is 1. The first-order chi connectivity index (χ1) is 7.65. The lowest BCUT2D eigenvalue weighted by molar-refractivity contribution is -0.119. The van der Waals surface area contributed by atoms with Crippen LogP contribution in [0.15, 0.2) is 6.07 Å². The highest BCUT2D eigenvalue weighted by Gasteiger charge is 2.24. The molecule has 1 aliphatic rings. The number of aryl methyl sites for hydroxylation is 1. The van der Waals surface area contributed by atoms with E-state index in [1.807, 2.05) is 13.0 Å². The van der Waals surface area contributed by atoms with Crippen molar-refractivity contribution in [3.8, 4) is 0 Å². The van der Waals surface area contributed by atoms with E-state index in [4.69, 9.17) is 0 Å². The molecular weight excluding hydrogens is 204 g/mol. The fraction of sp³-hybridized carbons (Fsp3) is 0.636. The topological polar surface area (TPSA) is 69.8 Å². The van der Waals surface area contributed by atoms with E-state index in [-0.39, 0.29) is 11.9 Å². The van der Waals surface area contributed by atoms with Gasteiger partial charge in [0.1, 0.15) is 0 Å². The number of aromatic nitrogens is 2. The summed E-state index contributed by atoms with van der Waals surface area (Å²) < 4.78 is 0. The van der Waals surface area contributed by atoms with E-state index in [0.29, 0.717) is 11.7 Å². The highest BCUT2D eigenvalue weighted by molar-refractivity contribution is 5.94. The number of anilines is 1. The molecule has 88 valence electrons. The Hall–Kier alpha value is -1.36. The van der Waals surface area contributed by atoms with Gasteiger partial charge in [0.25, 0.3) is 0 Å². The summed E-state index contributed by atoms with van der Waals surface area (Å²) in [4.78, 5) is 11.9. The molecule has 2 heterocycles. The molecule has 1 aliphatic heterocycles. The molecule has 0 aliphatic carbocycles. The van der Waals surface area contributed by atoms with Gasteiger partial charge in [0.15, 0.2) is 5.82 Å². The molecule has 1 fully saturated rings. The van der Waals surface area contributed by atoms with Crippen LogP contribution in [0.4, 0.5) is 5.82 Å². The van der Waals surface area contributed by atoms with Crippen molar-refractivity contribution in [2.24, 2.45) is 5.92 Å². The van der Waals surface area contributed by atoms with Crippen molar-refractivity contribution < 1.29 is 4.79 Å². The highest BCUT2D eigenvalue weighted by Crippen LogP contribution is 2.16. The van der Waals surface area contributed by atoms with E-state index in [0.717, 1.165) is 25.1 Å². The van der Waals surface area contributed by atoms with Gasteiger partial charge in [0, 0.05) is 11.8 Å². The zero-order valence-corrected chi connectivity index (χ0v) is 9.71. The van der Waals surface area contributed by atoms with Crippen molar-refractivity contribution in [1.82, 2.24) is 15.5 Å². The summed E-state index contributed by atoms with van der Waals surface area (Å²) in [6.07, 6.45) is 2.04. The summed E-state index contributed by atoms with van der Waals surface area (Å²) in [5.74, 6) is 1.22. The highest BCUT2D eigenvalue weighted by atomic mass is 16.2. The first-order valence-electron chi connectivity index (χ1n) is 5.71. The first kappa shape index (κ1) is 11.1. The molecule has 2 atom stereocenters. The molecule has 1 aromatic rings. The van der Waals surface area contributed by atoms with Crippen LogP contribution in [0, 0.1) is 12.8 Å². The van der Waals surface area contributed by atoms with E-state index < -0.39 is 0 Å². The molecule has 0 spiro atoms. The van der Waals surface area contributed by atoms with E-state index >= 15 is 0 Å². The third kappa shape index (κ3) is 2.61. The summed E-state index contributed by atoms with van der Waals surface area (Å²) in [5.41, 5.74) is 0.945. The summed E-state index contributed by atoms with van der Waals surface area (Å²) in [6, 6.07) is 1.74. The minimum Gasteiger partial charge on any atom is -0.308 e. The number of aromatic amines is 1. The number of nitrogens with one attached hydrogen (secondary N) is 3. The number of hydrogen-bond donors (Lipinski definition) is 3. The minimum atomic E-state index is -0.0826. The number of carbonyl (C=O) groups excluding carboxylic acids is 1. The lowest BCUT2D eigenvalue weighted by Crippen LogP contribution is -2.45. The van der Waals surface area contributed by atoms with Gasteiger partial charge in [-0.15, -0.1) is 0 Å². The Balaban J connectivity index is 1.92. The number of piperidine rings is 1. The summed E-state index contributed by atoms with van der Waals surface area (Å²) in [5, 5.41) is 12.8. The maximum Gasteiger partial charge on any atom is 0.242 e. The van der Waals surface area contributed by atoms with Crippen LogP contribution in [0.25, 0.3) is 0 Å². The van der Waals surface area contributed by atoms with E-state index in [1.54, 1.807) is 0 Å². The third-order valence-corrected chi connectivity index (χ3v) is 2.94. The summed E-state index contributed by atoms with van der Waals surface area (Å²) in [7, 11) is 0. The van der Waals surface area contributed by atoms with Gasteiger partial charge in [0.05, 0.1) is 6.04 Å². The quantitative estimate of drug-likeness (QED) is 0.700. The number of carbonyl (C=O) groups is 1. The zero-order chi connectivity index (χ0) is 11.5. The van der Waals surface area contributed by atoms with Crippen LogP contribution in [0.2, 0.25) is 0 Å².